The van der Waals surface area contributed by atoms with Gasteiger partial charge in [0.05, 0.1) is 15.2 Å². The Hall–Kier alpha value is -2.63. The molecular formula is C42H61N2OScSi. The van der Waals surface area contributed by atoms with E-state index in [-0.39, 0.29) is 31.3 Å². The summed E-state index contributed by atoms with van der Waals surface area (Å²) < 4.78 is 6.11. The van der Waals surface area contributed by atoms with Gasteiger partial charge in [-0.15, -0.1) is 19.1 Å². The molecule has 47 heavy (non-hydrogen) atoms. The van der Waals surface area contributed by atoms with Gasteiger partial charge in [-0.25, -0.2) is 11.1 Å². The average molecular weight is 683 g/mol. The fraction of sp³-hybridized carbons (Fsp3) is 0.429. The molecule has 1 aliphatic rings. The summed E-state index contributed by atoms with van der Waals surface area (Å²) >= 11 is 0. The zero-order chi connectivity index (χ0) is 35.0. The maximum Gasteiger partial charge on any atom is 3.00 e. The van der Waals surface area contributed by atoms with Crippen LogP contribution in [0.4, 0.5) is 11.4 Å². The van der Waals surface area contributed by atoms with E-state index >= 15 is 0 Å². The van der Waals surface area contributed by atoms with Crippen molar-refractivity contribution in [2.45, 2.75) is 79.8 Å². The Morgan fingerprint density at radius 1 is 0.809 bits per heavy atom. The molecular weight excluding hydrogens is 622 g/mol. The smallest absolute Gasteiger partial charge is 0.497 e. The van der Waals surface area contributed by atoms with Crippen LogP contribution in [0.15, 0.2) is 77.0 Å². The van der Waals surface area contributed by atoms with E-state index in [1.807, 2.05) is 71.7 Å². The van der Waals surface area contributed by atoms with E-state index in [0.29, 0.717) is 5.92 Å². The van der Waals surface area contributed by atoms with Crippen LogP contribution in [0.3, 0.4) is 0 Å². The van der Waals surface area contributed by atoms with Crippen molar-refractivity contribution < 1.29 is 30.6 Å². The van der Waals surface area contributed by atoms with E-state index in [1.54, 1.807) is 5.20 Å². The number of methoxy groups -OCH3 is 1. The van der Waals surface area contributed by atoms with E-state index in [2.05, 4.69) is 116 Å². The second-order valence-corrected chi connectivity index (χ2v) is 18.7. The van der Waals surface area contributed by atoms with Crippen LogP contribution in [0.1, 0.15) is 77.6 Å². The molecule has 4 rings (SSSR count). The third-order valence-electron chi connectivity index (χ3n) is 9.26. The summed E-state index contributed by atoms with van der Waals surface area (Å²) in [6, 6.07) is 23.3. The van der Waals surface area contributed by atoms with Gasteiger partial charge in [0.15, 0.2) is 0 Å². The molecule has 0 bridgehead atoms. The van der Waals surface area contributed by atoms with Gasteiger partial charge in [0.25, 0.3) is 0 Å². The maximum absolute atomic E-state index is 6.11. The molecule has 0 fully saturated rings. The van der Waals surface area contributed by atoms with Gasteiger partial charge < -0.3 is 14.5 Å². The number of hydrogen-bond donors (Lipinski definition) is 0. The Morgan fingerprint density at radius 2 is 1.26 bits per heavy atom. The molecule has 252 valence electrons. The molecule has 0 heterocycles. The van der Waals surface area contributed by atoms with Crippen LogP contribution in [0.2, 0.25) is 12.1 Å². The van der Waals surface area contributed by atoms with Crippen LogP contribution in [-0.2, 0) is 31.3 Å². The van der Waals surface area contributed by atoms with Crippen LogP contribution in [0.25, 0.3) is 0 Å². The van der Waals surface area contributed by atoms with Crippen molar-refractivity contribution in [1.29, 1.82) is 0 Å². The van der Waals surface area contributed by atoms with Crippen LogP contribution in [0, 0.1) is 32.8 Å². The van der Waals surface area contributed by atoms with Crippen molar-refractivity contribution in [1.82, 2.24) is 0 Å². The summed E-state index contributed by atoms with van der Waals surface area (Å²) in [6.45, 7) is 28.5. The van der Waals surface area contributed by atoms with Gasteiger partial charge in [-0.05, 0) is 51.3 Å². The molecule has 0 aliphatic heterocycles. The first kappa shape index (κ1) is 42.4. The first-order valence-corrected chi connectivity index (χ1v) is 19.1. The summed E-state index contributed by atoms with van der Waals surface area (Å²) in [7, 11) is 8.03. The van der Waals surface area contributed by atoms with Crippen molar-refractivity contribution in [2.75, 3.05) is 45.1 Å². The Kier molecular flexibility index (Phi) is 16.4. The van der Waals surface area contributed by atoms with Crippen molar-refractivity contribution in [3.8, 4) is 5.75 Å². The van der Waals surface area contributed by atoms with Gasteiger partial charge in [-0.1, -0.05) is 120 Å². The van der Waals surface area contributed by atoms with E-state index in [4.69, 9.17) is 4.74 Å². The Labute approximate surface area is 309 Å². The summed E-state index contributed by atoms with van der Waals surface area (Å²) in [5.41, 5.74) is 10.1. The molecule has 5 heteroatoms. The number of hydrogen-bond acceptors (Lipinski definition) is 3. The summed E-state index contributed by atoms with van der Waals surface area (Å²) in [5, 5.41) is 3.16. The van der Waals surface area contributed by atoms with Crippen molar-refractivity contribution >= 4 is 24.6 Å². The number of benzene rings is 3. The molecule has 3 nitrogen and oxygen atoms in total. The standard InChI is InChI=1S/C24H37OSi.2C9H12N.Sc/c1-11-26(12-2,23-18(5)15-17(4)19(23)6)21-14-16(3)13-20(22(21)25-10)24(7,8)9;2*1-8-6-4-5-7-9(8)10(2)3;/h13-14,18H,11-12H2,1-10H3;2*4-7H,1H2,2-3H3;/q3*-1;+3. The number of aryl methyl sites for hydroxylation is 1. The first-order chi connectivity index (χ1) is 21.5. The molecule has 0 radical (unpaired) electrons. The number of para-hydroxylation sites is 2. The fourth-order valence-electron chi connectivity index (χ4n) is 6.76. The minimum Gasteiger partial charge on any atom is -0.497 e. The van der Waals surface area contributed by atoms with E-state index in [1.165, 1.54) is 50.9 Å². The van der Waals surface area contributed by atoms with Crippen LogP contribution < -0.4 is 19.7 Å². The molecule has 0 spiro atoms. The van der Waals surface area contributed by atoms with Gasteiger partial charge >= 0.3 is 25.8 Å². The monoisotopic (exact) mass is 682 g/mol. The van der Waals surface area contributed by atoms with Gasteiger partial charge in [0.2, 0.25) is 0 Å². The van der Waals surface area contributed by atoms with Crippen molar-refractivity contribution in [2.24, 2.45) is 5.92 Å². The minimum absolute atomic E-state index is 0. The molecule has 0 saturated carbocycles. The van der Waals surface area contributed by atoms with Gasteiger partial charge in [-0.2, -0.15) is 42.3 Å². The second kappa shape index (κ2) is 18.2. The summed E-state index contributed by atoms with van der Waals surface area (Å²) in [5.74, 6) is 1.56. The SMILES string of the molecule is CC[Si](CC)(C1=C(C)C(C)=[C-]C1C)c1cc(C)cc(C(C)(C)C)c1OC.[CH2-]c1ccccc1N(C)C.[CH2-]c1ccccc1N(C)C.[Sc+3]. The molecule has 3 aromatic rings. The van der Waals surface area contributed by atoms with Gasteiger partial charge in [0.1, 0.15) is 5.75 Å². The van der Waals surface area contributed by atoms with Crippen LogP contribution >= 0.6 is 0 Å². The number of anilines is 2. The zero-order valence-corrected chi connectivity index (χ0v) is 34.9. The number of allylic oxidation sites excluding steroid dienone is 4. The van der Waals surface area contributed by atoms with Crippen molar-refractivity contribution in [3.63, 3.8) is 0 Å². The third-order valence-corrected chi connectivity index (χ3v) is 14.9. The summed E-state index contributed by atoms with van der Waals surface area (Å²) in [4.78, 5) is 4.12. The third kappa shape index (κ3) is 10.2. The molecule has 1 atom stereocenters. The first-order valence-electron chi connectivity index (χ1n) is 16.6. The van der Waals surface area contributed by atoms with Gasteiger partial charge in [0, 0.05) is 0 Å². The molecule has 0 saturated heterocycles. The molecule has 1 aliphatic carbocycles. The predicted octanol–water partition coefficient (Wildman–Crippen LogP) is 10.1. The Balaban J connectivity index is 0.000000429. The summed E-state index contributed by atoms with van der Waals surface area (Å²) in [6.07, 6.45) is 3.69. The number of nitrogens with zero attached hydrogens (tertiary/aromatic N) is 2. The fourth-order valence-corrected chi connectivity index (χ4v) is 12.1. The van der Waals surface area contributed by atoms with E-state index in [0.717, 1.165) is 16.9 Å². The molecule has 0 N–H and O–H groups in total. The zero-order valence-electron chi connectivity index (χ0n) is 32.1. The topological polar surface area (TPSA) is 15.7 Å². The maximum atomic E-state index is 6.11. The molecule has 1 unspecified atom stereocenters. The Bertz CT molecular complexity index is 1460. The molecule has 0 amide bonds. The normalized spacial score (nSPS) is 14.2. The molecule has 0 aromatic heterocycles. The predicted molar refractivity (Wildman–Crippen MR) is 208 cm³/mol. The Morgan fingerprint density at radius 3 is 1.55 bits per heavy atom. The number of ether oxygens (including phenoxy) is 1. The van der Waals surface area contributed by atoms with Crippen LogP contribution in [0.5, 0.6) is 5.75 Å². The average Bonchev–Trinajstić information content (AvgIpc) is 3.25. The van der Waals surface area contributed by atoms with Crippen LogP contribution in [-0.4, -0.2) is 43.4 Å². The number of rotatable bonds is 7. The quantitative estimate of drug-likeness (QED) is 0.182. The molecule has 3 aromatic carbocycles. The van der Waals surface area contributed by atoms with E-state index < -0.39 is 8.07 Å². The largest absolute Gasteiger partial charge is 3.00 e. The van der Waals surface area contributed by atoms with Crippen molar-refractivity contribution in [3.05, 3.63) is 119 Å². The minimum atomic E-state index is -1.89. The van der Waals surface area contributed by atoms with Gasteiger partial charge in [-0.3, -0.25) is 6.08 Å². The van der Waals surface area contributed by atoms with E-state index in [9.17, 15) is 0 Å². The second-order valence-electron chi connectivity index (χ2n) is 14.0.